The summed E-state index contributed by atoms with van der Waals surface area (Å²) in [6.45, 7) is 7.60. The highest BCUT2D eigenvalue weighted by molar-refractivity contribution is 7.89. The molecular weight excluding hydrogens is 402 g/mol. The van der Waals surface area contributed by atoms with Crippen molar-refractivity contribution in [2.45, 2.75) is 70.2 Å². The largest absolute Gasteiger partial charge is 0.354 e. The summed E-state index contributed by atoms with van der Waals surface area (Å²) in [4.78, 5) is 27.2. The summed E-state index contributed by atoms with van der Waals surface area (Å²) in [5, 5.41) is 2.94. The van der Waals surface area contributed by atoms with E-state index in [0.717, 1.165) is 31.2 Å². The summed E-state index contributed by atoms with van der Waals surface area (Å²) >= 11 is 0. The molecule has 0 radical (unpaired) electrons. The van der Waals surface area contributed by atoms with Crippen LogP contribution in [0.3, 0.4) is 0 Å². The fourth-order valence-electron chi connectivity index (χ4n) is 4.13. The number of amides is 2. The van der Waals surface area contributed by atoms with E-state index in [4.69, 9.17) is 0 Å². The maximum Gasteiger partial charge on any atom is 0.243 e. The molecule has 7 nitrogen and oxygen atoms in total. The number of nitrogens with one attached hydrogen (secondary N) is 1. The Balaban J connectivity index is 1.85. The van der Waals surface area contributed by atoms with Gasteiger partial charge in [-0.1, -0.05) is 27.2 Å². The van der Waals surface area contributed by atoms with Crippen molar-refractivity contribution in [2.75, 3.05) is 24.5 Å². The molecule has 0 bridgehead atoms. The molecule has 0 spiro atoms. The standard InChI is InChI=1S/C22H33N3O4S/c1-4-21(26)25-19-9-8-18(30(28,29)24-12-6-5-7-13-24)14-17(19)15-20(25)22(27)23-11-10-16(2)3/h8-9,14,16,20H,4-7,10-13,15H2,1-3H3,(H,23,27)/t20-/m1/s1. The monoisotopic (exact) mass is 435 g/mol. The Bertz CT molecular complexity index is 892. The van der Waals surface area contributed by atoms with E-state index in [1.54, 1.807) is 25.1 Å². The summed E-state index contributed by atoms with van der Waals surface area (Å²) < 4.78 is 27.6. The molecule has 2 heterocycles. The van der Waals surface area contributed by atoms with Crippen LogP contribution in [0.25, 0.3) is 0 Å². The Kier molecular flexibility index (Phi) is 7.18. The van der Waals surface area contributed by atoms with E-state index >= 15 is 0 Å². The highest BCUT2D eigenvalue weighted by Crippen LogP contribution is 2.35. The molecule has 1 aromatic carbocycles. The smallest absolute Gasteiger partial charge is 0.243 e. The Morgan fingerprint density at radius 2 is 1.87 bits per heavy atom. The molecule has 3 rings (SSSR count). The molecule has 1 saturated heterocycles. The molecule has 8 heteroatoms. The summed E-state index contributed by atoms with van der Waals surface area (Å²) in [6, 6.07) is 4.27. The average molecular weight is 436 g/mol. The molecule has 2 aliphatic heterocycles. The molecule has 1 N–H and O–H groups in total. The Hall–Kier alpha value is -1.93. The van der Waals surface area contributed by atoms with Crippen LogP contribution in [0.2, 0.25) is 0 Å². The molecule has 2 aliphatic rings. The van der Waals surface area contributed by atoms with E-state index in [0.29, 0.717) is 37.7 Å². The van der Waals surface area contributed by atoms with Crippen molar-refractivity contribution < 1.29 is 18.0 Å². The predicted octanol–water partition coefficient (Wildman–Crippen LogP) is 2.69. The number of anilines is 1. The Morgan fingerprint density at radius 1 is 1.17 bits per heavy atom. The molecular formula is C22H33N3O4S. The lowest BCUT2D eigenvalue weighted by molar-refractivity contribution is -0.126. The van der Waals surface area contributed by atoms with E-state index in [1.807, 2.05) is 0 Å². The van der Waals surface area contributed by atoms with Crippen LogP contribution in [-0.4, -0.2) is 50.2 Å². The minimum atomic E-state index is -3.56. The van der Waals surface area contributed by atoms with Crippen LogP contribution in [0.15, 0.2) is 23.1 Å². The molecule has 2 amide bonds. The first-order chi connectivity index (χ1) is 14.3. The molecule has 0 aliphatic carbocycles. The zero-order chi connectivity index (χ0) is 21.9. The first kappa shape index (κ1) is 22.7. The third-order valence-corrected chi connectivity index (χ3v) is 7.78. The first-order valence-electron chi connectivity index (χ1n) is 11.0. The van der Waals surface area contributed by atoms with Crippen LogP contribution in [0.1, 0.15) is 58.4 Å². The van der Waals surface area contributed by atoms with Gasteiger partial charge in [-0.3, -0.25) is 14.5 Å². The van der Waals surface area contributed by atoms with Gasteiger partial charge in [0.15, 0.2) is 0 Å². The van der Waals surface area contributed by atoms with Crippen molar-refractivity contribution >= 4 is 27.5 Å². The third kappa shape index (κ3) is 4.70. The Morgan fingerprint density at radius 3 is 2.50 bits per heavy atom. The maximum atomic E-state index is 13.0. The van der Waals surface area contributed by atoms with Crippen LogP contribution in [0, 0.1) is 5.92 Å². The van der Waals surface area contributed by atoms with Gasteiger partial charge < -0.3 is 5.32 Å². The maximum absolute atomic E-state index is 13.0. The van der Waals surface area contributed by atoms with Crippen molar-refractivity contribution in [3.63, 3.8) is 0 Å². The van der Waals surface area contributed by atoms with Crippen molar-refractivity contribution in [2.24, 2.45) is 5.92 Å². The zero-order valence-corrected chi connectivity index (χ0v) is 19.0. The fourth-order valence-corrected chi connectivity index (χ4v) is 5.70. The van der Waals surface area contributed by atoms with Gasteiger partial charge in [-0.25, -0.2) is 8.42 Å². The topological polar surface area (TPSA) is 86.8 Å². The molecule has 166 valence electrons. The number of carbonyl (C=O) groups excluding carboxylic acids is 2. The van der Waals surface area contributed by atoms with Crippen LogP contribution in [0.5, 0.6) is 0 Å². The highest BCUT2D eigenvalue weighted by atomic mass is 32.2. The minimum absolute atomic E-state index is 0.135. The van der Waals surface area contributed by atoms with Crippen LogP contribution >= 0.6 is 0 Å². The van der Waals surface area contributed by atoms with Crippen LogP contribution in [-0.2, 0) is 26.0 Å². The van der Waals surface area contributed by atoms with E-state index in [9.17, 15) is 18.0 Å². The van der Waals surface area contributed by atoms with Gasteiger partial charge in [-0.2, -0.15) is 4.31 Å². The number of hydrogen-bond acceptors (Lipinski definition) is 4. The molecule has 0 saturated carbocycles. The Labute approximate surface area is 179 Å². The fraction of sp³-hybridized carbons (Fsp3) is 0.636. The molecule has 0 aromatic heterocycles. The van der Waals surface area contributed by atoms with E-state index in [2.05, 4.69) is 19.2 Å². The van der Waals surface area contributed by atoms with Gasteiger partial charge in [0.05, 0.1) is 4.90 Å². The second kappa shape index (κ2) is 9.47. The summed E-state index contributed by atoms with van der Waals surface area (Å²) in [5.74, 6) is 0.153. The number of fused-ring (bicyclic) bond motifs is 1. The van der Waals surface area contributed by atoms with E-state index in [-0.39, 0.29) is 23.1 Å². The van der Waals surface area contributed by atoms with Gasteiger partial charge in [-0.05, 0) is 48.9 Å². The van der Waals surface area contributed by atoms with Crippen molar-refractivity contribution in [1.82, 2.24) is 9.62 Å². The number of nitrogens with zero attached hydrogens (tertiary/aromatic N) is 2. The lowest BCUT2D eigenvalue weighted by Crippen LogP contribution is -2.48. The summed E-state index contributed by atoms with van der Waals surface area (Å²) in [5.41, 5.74) is 1.38. The zero-order valence-electron chi connectivity index (χ0n) is 18.2. The van der Waals surface area contributed by atoms with Crippen LogP contribution < -0.4 is 10.2 Å². The van der Waals surface area contributed by atoms with Gasteiger partial charge >= 0.3 is 0 Å². The van der Waals surface area contributed by atoms with Gasteiger partial charge in [0.2, 0.25) is 21.8 Å². The van der Waals surface area contributed by atoms with Gasteiger partial charge in [0.1, 0.15) is 6.04 Å². The first-order valence-corrected chi connectivity index (χ1v) is 12.4. The van der Waals surface area contributed by atoms with Gasteiger partial charge in [0.25, 0.3) is 0 Å². The van der Waals surface area contributed by atoms with Crippen molar-refractivity contribution in [3.05, 3.63) is 23.8 Å². The summed E-state index contributed by atoms with van der Waals surface area (Å²) in [6.07, 6.45) is 4.29. The number of benzene rings is 1. The van der Waals surface area contributed by atoms with E-state index < -0.39 is 16.1 Å². The summed E-state index contributed by atoms with van der Waals surface area (Å²) in [7, 11) is -3.56. The molecule has 1 fully saturated rings. The average Bonchev–Trinajstić information content (AvgIpc) is 3.12. The number of carbonyl (C=O) groups is 2. The predicted molar refractivity (Wildman–Crippen MR) is 117 cm³/mol. The van der Waals surface area contributed by atoms with Gasteiger partial charge in [0, 0.05) is 38.2 Å². The number of piperidine rings is 1. The normalized spacial score (nSPS) is 19.7. The number of rotatable bonds is 7. The number of sulfonamides is 1. The number of hydrogen-bond donors (Lipinski definition) is 1. The SMILES string of the molecule is CCC(=O)N1c2ccc(S(=O)(=O)N3CCCCC3)cc2C[C@@H]1C(=O)NCCC(C)C. The lowest BCUT2D eigenvalue weighted by atomic mass is 10.1. The quantitative estimate of drug-likeness (QED) is 0.713. The van der Waals surface area contributed by atoms with Crippen molar-refractivity contribution in [3.8, 4) is 0 Å². The highest BCUT2D eigenvalue weighted by Gasteiger charge is 2.38. The minimum Gasteiger partial charge on any atom is -0.354 e. The van der Waals surface area contributed by atoms with Crippen LogP contribution in [0.4, 0.5) is 5.69 Å². The van der Waals surface area contributed by atoms with Gasteiger partial charge in [-0.15, -0.1) is 0 Å². The molecule has 0 unspecified atom stereocenters. The van der Waals surface area contributed by atoms with Crippen molar-refractivity contribution in [1.29, 1.82) is 0 Å². The second-order valence-electron chi connectivity index (χ2n) is 8.57. The second-order valence-corrected chi connectivity index (χ2v) is 10.5. The van der Waals surface area contributed by atoms with E-state index in [1.165, 1.54) is 9.21 Å². The molecule has 1 aromatic rings. The molecule has 1 atom stereocenters. The molecule has 30 heavy (non-hydrogen) atoms. The lowest BCUT2D eigenvalue weighted by Gasteiger charge is -2.26. The third-order valence-electron chi connectivity index (χ3n) is 5.88.